The lowest BCUT2D eigenvalue weighted by Crippen LogP contribution is -2.36. The predicted octanol–water partition coefficient (Wildman–Crippen LogP) is 2.77. The Bertz CT molecular complexity index is 624. The van der Waals surface area contributed by atoms with E-state index in [0.717, 1.165) is 30.6 Å². The molecule has 0 fully saturated rings. The number of amides is 1. The third-order valence-corrected chi connectivity index (χ3v) is 3.96. The molecule has 3 rings (SSSR count). The third kappa shape index (κ3) is 3.14. The molecule has 1 aliphatic heterocycles. The number of carbonyl (C=O) groups is 1. The van der Waals surface area contributed by atoms with E-state index >= 15 is 0 Å². The minimum atomic E-state index is 0.118. The molecule has 0 saturated carbocycles. The van der Waals surface area contributed by atoms with Crippen molar-refractivity contribution in [2.45, 2.75) is 13.0 Å². The van der Waals surface area contributed by atoms with Crippen LogP contribution in [0.4, 0.5) is 0 Å². The molecule has 0 spiro atoms. The Balaban J connectivity index is 1.74. The van der Waals surface area contributed by atoms with Gasteiger partial charge < -0.3 is 4.90 Å². The Labute approximate surface area is 125 Å². The van der Waals surface area contributed by atoms with Crippen molar-refractivity contribution >= 4 is 5.91 Å². The number of nitrogens with zero attached hydrogens (tertiary/aromatic N) is 2. The Morgan fingerprint density at radius 1 is 1.00 bits per heavy atom. The molecule has 21 heavy (non-hydrogen) atoms. The van der Waals surface area contributed by atoms with Crippen molar-refractivity contribution in [1.29, 1.82) is 0 Å². The zero-order valence-electron chi connectivity index (χ0n) is 12.3. The van der Waals surface area contributed by atoms with Crippen molar-refractivity contribution in [3.8, 4) is 0 Å². The smallest absolute Gasteiger partial charge is 0.254 e. The molecule has 0 unspecified atom stereocenters. The van der Waals surface area contributed by atoms with Gasteiger partial charge in [0.05, 0.1) is 6.67 Å². The molecule has 0 radical (unpaired) electrons. The van der Waals surface area contributed by atoms with Crippen molar-refractivity contribution in [2.75, 3.05) is 20.3 Å². The summed E-state index contributed by atoms with van der Waals surface area (Å²) in [5, 5.41) is 0. The molecule has 0 aliphatic carbocycles. The number of rotatable bonds is 3. The van der Waals surface area contributed by atoms with E-state index in [0.29, 0.717) is 6.67 Å². The number of hydrogen-bond donors (Lipinski definition) is 0. The van der Waals surface area contributed by atoms with Crippen LogP contribution in [0, 0.1) is 0 Å². The van der Waals surface area contributed by atoms with Crippen molar-refractivity contribution in [3.05, 3.63) is 71.3 Å². The molecule has 0 aromatic heterocycles. The fourth-order valence-corrected chi connectivity index (χ4v) is 2.81. The van der Waals surface area contributed by atoms with Gasteiger partial charge in [0.2, 0.25) is 0 Å². The van der Waals surface area contributed by atoms with Crippen LogP contribution in [-0.4, -0.2) is 36.0 Å². The first-order valence-corrected chi connectivity index (χ1v) is 7.33. The van der Waals surface area contributed by atoms with E-state index < -0.39 is 0 Å². The number of fused-ring (bicyclic) bond motifs is 1. The summed E-state index contributed by atoms with van der Waals surface area (Å²) in [6.45, 7) is 2.47. The highest BCUT2D eigenvalue weighted by molar-refractivity contribution is 5.95. The molecule has 1 aliphatic rings. The maximum absolute atomic E-state index is 12.4. The molecule has 108 valence electrons. The number of benzene rings is 2. The van der Waals surface area contributed by atoms with Crippen LogP contribution in [-0.2, 0) is 13.0 Å². The molecule has 2 aromatic carbocycles. The second-order valence-corrected chi connectivity index (χ2v) is 5.59. The van der Waals surface area contributed by atoms with Crippen LogP contribution in [0.25, 0.3) is 0 Å². The first-order chi connectivity index (χ1) is 10.2. The second-order valence-electron chi connectivity index (χ2n) is 5.59. The molecule has 1 heterocycles. The maximum atomic E-state index is 12.4. The van der Waals surface area contributed by atoms with E-state index in [-0.39, 0.29) is 5.91 Å². The molecular weight excluding hydrogens is 260 g/mol. The SMILES string of the molecule is CN1CN(CCc2ccccc2)Cc2ccccc2C1=O. The van der Waals surface area contributed by atoms with Crippen molar-refractivity contribution in [1.82, 2.24) is 9.80 Å². The molecule has 0 atom stereocenters. The molecule has 0 bridgehead atoms. The normalized spacial score (nSPS) is 15.7. The summed E-state index contributed by atoms with van der Waals surface area (Å²) in [7, 11) is 1.87. The Morgan fingerprint density at radius 2 is 1.71 bits per heavy atom. The van der Waals surface area contributed by atoms with Gasteiger partial charge in [-0.25, -0.2) is 0 Å². The van der Waals surface area contributed by atoms with E-state index in [1.165, 1.54) is 5.56 Å². The molecule has 3 nitrogen and oxygen atoms in total. The van der Waals surface area contributed by atoms with Crippen LogP contribution in [0.1, 0.15) is 21.5 Å². The van der Waals surface area contributed by atoms with Crippen LogP contribution in [0.2, 0.25) is 0 Å². The fourth-order valence-electron chi connectivity index (χ4n) is 2.81. The Hall–Kier alpha value is -2.13. The number of carbonyl (C=O) groups excluding carboxylic acids is 1. The molecule has 3 heteroatoms. The van der Waals surface area contributed by atoms with Crippen LogP contribution in [0.15, 0.2) is 54.6 Å². The van der Waals surface area contributed by atoms with Gasteiger partial charge in [-0.15, -0.1) is 0 Å². The first kappa shape index (κ1) is 13.8. The standard InChI is InChI=1S/C18H20N2O/c1-19-14-20(12-11-15-7-3-2-4-8-15)13-16-9-5-6-10-17(16)18(19)21/h2-10H,11-14H2,1H3. The van der Waals surface area contributed by atoms with Crippen LogP contribution in [0.3, 0.4) is 0 Å². The van der Waals surface area contributed by atoms with Gasteiger partial charge in [-0.3, -0.25) is 9.69 Å². The highest BCUT2D eigenvalue weighted by Gasteiger charge is 2.23. The van der Waals surface area contributed by atoms with Gasteiger partial charge >= 0.3 is 0 Å². The summed E-state index contributed by atoms with van der Waals surface area (Å²) in [5.41, 5.74) is 3.30. The zero-order chi connectivity index (χ0) is 14.7. The summed E-state index contributed by atoms with van der Waals surface area (Å²) in [6.07, 6.45) is 1.00. The summed E-state index contributed by atoms with van der Waals surface area (Å²) >= 11 is 0. The summed E-state index contributed by atoms with van der Waals surface area (Å²) in [6, 6.07) is 18.4. The lowest BCUT2D eigenvalue weighted by Gasteiger charge is -2.24. The van der Waals surface area contributed by atoms with Gasteiger partial charge in [-0.2, -0.15) is 0 Å². The molecule has 0 N–H and O–H groups in total. The van der Waals surface area contributed by atoms with Gasteiger partial charge in [0.25, 0.3) is 5.91 Å². The van der Waals surface area contributed by atoms with Gasteiger partial charge in [0.1, 0.15) is 0 Å². The van der Waals surface area contributed by atoms with Crippen LogP contribution in [0.5, 0.6) is 0 Å². The van der Waals surface area contributed by atoms with Gasteiger partial charge in [-0.05, 0) is 23.6 Å². The lowest BCUT2D eigenvalue weighted by atomic mass is 10.1. The lowest BCUT2D eigenvalue weighted by molar-refractivity contribution is 0.0705. The molecule has 0 saturated heterocycles. The Kier molecular flexibility index (Phi) is 4.02. The molecular formula is C18H20N2O. The van der Waals surface area contributed by atoms with Crippen molar-refractivity contribution in [2.24, 2.45) is 0 Å². The number of hydrogen-bond acceptors (Lipinski definition) is 2. The van der Waals surface area contributed by atoms with Crippen molar-refractivity contribution < 1.29 is 4.79 Å². The minimum Gasteiger partial charge on any atom is -0.329 e. The van der Waals surface area contributed by atoms with Gasteiger partial charge in [-0.1, -0.05) is 48.5 Å². The van der Waals surface area contributed by atoms with E-state index in [1.54, 1.807) is 4.90 Å². The average Bonchev–Trinajstić information content (AvgIpc) is 2.64. The molecule has 1 amide bonds. The summed E-state index contributed by atoms with van der Waals surface area (Å²) in [5.74, 6) is 0.118. The van der Waals surface area contributed by atoms with E-state index in [2.05, 4.69) is 35.2 Å². The third-order valence-electron chi connectivity index (χ3n) is 3.96. The Morgan fingerprint density at radius 3 is 2.52 bits per heavy atom. The van der Waals surface area contributed by atoms with E-state index in [4.69, 9.17) is 0 Å². The fraction of sp³-hybridized carbons (Fsp3) is 0.278. The average molecular weight is 280 g/mol. The topological polar surface area (TPSA) is 23.6 Å². The maximum Gasteiger partial charge on any atom is 0.254 e. The summed E-state index contributed by atoms with van der Waals surface area (Å²) in [4.78, 5) is 16.5. The second kappa shape index (κ2) is 6.10. The minimum absolute atomic E-state index is 0.118. The highest BCUT2D eigenvalue weighted by atomic mass is 16.2. The largest absolute Gasteiger partial charge is 0.329 e. The van der Waals surface area contributed by atoms with Crippen molar-refractivity contribution in [3.63, 3.8) is 0 Å². The monoisotopic (exact) mass is 280 g/mol. The van der Waals surface area contributed by atoms with Crippen LogP contribution < -0.4 is 0 Å². The molecule has 2 aromatic rings. The summed E-state index contributed by atoms with van der Waals surface area (Å²) < 4.78 is 0. The predicted molar refractivity (Wildman–Crippen MR) is 84.0 cm³/mol. The quantitative estimate of drug-likeness (QED) is 0.863. The first-order valence-electron chi connectivity index (χ1n) is 7.33. The van der Waals surface area contributed by atoms with Gasteiger partial charge in [0.15, 0.2) is 0 Å². The van der Waals surface area contributed by atoms with E-state index in [1.807, 2.05) is 31.3 Å². The zero-order valence-corrected chi connectivity index (χ0v) is 12.3. The highest BCUT2D eigenvalue weighted by Crippen LogP contribution is 2.18. The van der Waals surface area contributed by atoms with E-state index in [9.17, 15) is 4.79 Å². The van der Waals surface area contributed by atoms with Gasteiger partial charge in [0, 0.05) is 25.7 Å². The van der Waals surface area contributed by atoms with Crippen LogP contribution >= 0.6 is 0 Å².